The fourth-order valence-corrected chi connectivity index (χ4v) is 2.68. The van der Waals surface area contributed by atoms with Gasteiger partial charge in [0.05, 0.1) is 5.56 Å². The number of ether oxygens (including phenoxy) is 2. The molecule has 0 bridgehead atoms. The molecule has 6 nitrogen and oxygen atoms in total. The van der Waals surface area contributed by atoms with Crippen molar-refractivity contribution in [3.8, 4) is 5.75 Å². The van der Waals surface area contributed by atoms with E-state index in [9.17, 15) is 14.4 Å². The van der Waals surface area contributed by atoms with Gasteiger partial charge in [0, 0.05) is 23.1 Å². The van der Waals surface area contributed by atoms with Gasteiger partial charge in [-0.1, -0.05) is 6.08 Å². The zero-order valence-electron chi connectivity index (χ0n) is 14.4. The molecule has 0 amide bonds. The summed E-state index contributed by atoms with van der Waals surface area (Å²) >= 11 is 0. The number of carbonyl (C=O) groups excluding carboxylic acids is 2. The lowest BCUT2D eigenvalue weighted by Gasteiger charge is -2.38. The number of esters is 1. The maximum atomic E-state index is 12.9. The van der Waals surface area contributed by atoms with Crippen LogP contribution in [0.15, 0.2) is 45.1 Å². The summed E-state index contributed by atoms with van der Waals surface area (Å²) < 4.78 is 16.4. The molecule has 0 fully saturated rings. The Morgan fingerprint density at radius 2 is 1.96 bits per heavy atom. The molecule has 1 aliphatic heterocycles. The number of ketones is 1. The summed E-state index contributed by atoms with van der Waals surface area (Å²) in [5, 5.41) is 0.588. The highest BCUT2D eigenvalue weighted by Gasteiger charge is 2.46. The van der Waals surface area contributed by atoms with E-state index in [2.05, 4.69) is 0 Å². The van der Waals surface area contributed by atoms with Gasteiger partial charge in [0.2, 0.25) is 11.9 Å². The average molecular weight is 342 g/mol. The second-order valence-corrected chi connectivity index (χ2v) is 6.47. The molecule has 1 aromatic heterocycles. The highest BCUT2D eigenvalue weighted by Crippen LogP contribution is 2.37. The molecule has 2 aromatic rings. The highest BCUT2D eigenvalue weighted by molar-refractivity contribution is 6.07. The lowest BCUT2D eigenvalue weighted by Crippen LogP contribution is -2.52. The Bertz CT molecular complexity index is 964. The first-order chi connectivity index (χ1) is 11.7. The van der Waals surface area contributed by atoms with E-state index in [0.29, 0.717) is 22.3 Å². The van der Waals surface area contributed by atoms with Crippen LogP contribution in [0.4, 0.5) is 0 Å². The summed E-state index contributed by atoms with van der Waals surface area (Å²) in [6, 6.07) is 5.94. The van der Waals surface area contributed by atoms with E-state index in [0.717, 1.165) is 0 Å². The van der Waals surface area contributed by atoms with E-state index in [1.165, 1.54) is 12.1 Å². The van der Waals surface area contributed by atoms with Gasteiger partial charge in [0.1, 0.15) is 16.9 Å². The van der Waals surface area contributed by atoms with Crippen molar-refractivity contribution in [2.24, 2.45) is 0 Å². The number of hydrogen-bond donors (Lipinski definition) is 0. The van der Waals surface area contributed by atoms with Crippen LogP contribution in [0.5, 0.6) is 5.75 Å². The summed E-state index contributed by atoms with van der Waals surface area (Å²) in [5.41, 5.74) is -0.514. The van der Waals surface area contributed by atoms with Crippen LogP contribution in [0.25, 0.3) is 11.0 Å². The average Bonchev–Trinajstić information content (AvgIpc) is 2.55. The van der Waals surface area contributed by atoms with Crippen molar-refractivity contribution in [2.75, 3.05) is 0 Å². The van der Waals surface area contributed by atoms with Gasteiger partial charge in [-0.3, -0.25) is 4.79 Å². The molecule has 130 valence electrons. The Morgan fingerprint density at radius 3 is 2.64 bits per heavy atom. The Morgan fingerprint density at radius 1 is 1.24 bits per heavy atom. The van der Waals surface area contributed by atoms with Crippen LogP contribution in [-0.4, -0.2) is 23.5 Å². The Balaban J connectivity index is 2.07. The molecule has 0 saturated heterocycles. The second-order valence-electron chi connectivity index (χ2n) is 6.47. The molecule has 1 atom stereocenters. The standard InChI is InChI=1S/C19H18O6/c1-5-10(2)18(22)24-17-16(21)12-8-11-6-7-15(20)23-13(11)9-14(12)25-19(17,3)4/h5-9,17H,1-4H3/t17-/m0/s1. The normalized spacial score (nSPS) is 19.3. The van der Waals surface area contributed by atoms with Crippen LogP contribution < -0.4 is 10.4 Å². The van der Waals surface area contributed by atoms with Crippen molar-refractivity contribution in [3.05, 3.63) is 51.9 Å². The monoisotopic (exact) mass is 342 g/mol. The van der Waals surface area contributed by atoms with Gasteiger partial charge < -0.3 is 13.9 Å². The number of hydrogen-bond acceptors (Lipinski definition) is 6. The minimum Gasteiger partial charge on any atom is -0.483 e. The fraction of sp³-hybridized carbons (Fsp3) is 0.316. The van der Waals surface area contributed by atoms with Gasteiger partial charge in [0.15, 0.2) is 0 Å². The third kappa shape index (κ3) is 2.95. The Kier molecular flexibility index (Phi) is 3.99. The minimum atomic E-state index is -1.07. The molecular formula is C19H18O6. The fourth-order valence-electron chi connectivity index (χ4n) is 2.68. The molecule has 0 spiro atoms. The van der Waals surface area contributed by atoms with Crippen molar-refractivity contribution in [1.29, 1.82) is 0 Å². The first kappa shape index (κ1) is 17.0. The van der Waals surface area contributed by atoms with Gasteiger partial charge in [0.25, 0.3) is 0 Å². The Labute approximate surface area is 144 Å². The smallest absolute Gasteiger partial charge is 0.336 e. The SMILES string of the molecule is CC=C(C)C(=O)O[C@H]1C(=O)c2cc3ccc(=O)oc3cc2OC1(C)C. The number of Topliss-reactive ketones (excluding diaryl/α,β-unsaturated/α-hetero) is 1. The molecule has 6 heteroatoms. The minimum absolute atomic E-state index is 0.289. The van der Waals surface area contributed by atoms with E-state index in [1.807, 2.05) is 0 Å². The molecule has 0 saturated carbocycles. The third-order valence-electron chi connectivity index (χ3n) is 4.21. The zero-order chi connectivity index (χ0) is 18.4. The first-order valence-electron chi connectivity index (χ1n) is 7.88. The van der Waals surface area contributed by atoms with Crippen molar-refractivity contribution in [3.63, 3.8) is 0 Å². The van der Waals surface area contributed by atoms with Gasteiger partial charge in [-0.05, 0) is 39.8 Å². The summed E-state index contributed by atoms with van der Waals surface area (Å²) in [7, 11) is 0. The third-order valence-corrected chi connectivity index (χ3v) is 4.21. The van der Waals surface area contributed by atoms with Gasteiger partial charge in [-0.15, -0.1) is 0 Å². The first-order valence-corrected chi connectivity index (χ1v) is 7.88. The van der Waals surface area contributed by atoms with Crippen LogP contribution in [0.3, 0.4) is 0 Å². The predicted molar refractivity (Wildman–Crippen MR) is 90.8 cm³/mol. The van der Waals surface area contributed by atoms with Crippen molar-refractivity contribution in [2.45, 2.75) is 39.4 Å². The molecule has 2 heterocycles. The van der Waals surface area contributed by atoms with Crippen molar-refractivity contribution in [1.82, 2.24) is 0 Å². The molecule has 0 N–H and O–H groups in total. The van der Waals surface area contributed by atoms with Crippen LogP contribution in [0.1, 0.15) is 38.1 Å². The van der Waals surface area contributed by atoms with E-state index in [4.69, 9.17) is 13.9 Å². The van der Waals surface area contributed by atoms with E-state index in [1.54, 1.807) is 45.9 Å². The predicted octanol–water partition coefficient (Wildman–Crippen LogP) is 3.02. The van der Waals surface area contributed by atoms with E-state index < -0.39 is 23.3 Å². The highest BCUT2D eigenvalue weighted by atomic mass is 16.6. The summed E-state index contributed by atoms with van der Waals surface area (Å²) in [6.45, 7) is 6.67. The maximum absolute atomic E-state index is 12.9. The molecule has 0 aliphatic carbocycles. The molecule has 25 heavy (non-hydrogen) atoms. The molecule has 0 unspecified atom stereocenters. The van der Waals surface area contributed by atoms with Crippen LogP contribution in [-0.2, 0) is 9.53 Å². The molecule has 3 rings (SSSR count). The van der Waals surface area contributed by atoms with Crippen molar-refractivity contribution >= 4 is 22.7 Å². The summed E-state index contributed by atoms with van der Waals surface area (Å²) in [5.74, 6) is -0.615. The molecule has 0 radical (unpaired) electrons. The van der Waals surface area contributed by atoms with Gasteiger partial charge >= 0.3 is 11.6 Å². The second kappa shape index (κ2) is 5.88. The number of allylic oxidation sites excluding steroid dienone is 1. The summed E-state index contributed by atoms with van der Waals surface area (Å²) in [6.07, 6.45) is 0.544. The maximum Gasteiger partial charge on any atom is 0.336 e. The molecular weight excluding hydrogens is 324 g/mol. The Hall–Kier alpha value is -2.89. The summed E-state index contributed by atoms with van der Waals surface area (Å²) in [4.78, 5) is 36.4. The van der Waals surface area contributed by atoms with Crippen LogP contribution in [0, 0.1) is 0 Å². The number of fused-ring (bicyclic) bond motifs is 2. The van der Waals surface area contributed by atoms with Crippen LogP contribution >= 0.6 is 0 Å². The van der Waals surface area contributed by atoms with E-state index >= 15 is 0 Å². The molecule has 1 aromatic carbocycles. The molecule has 1 aliphatic rings. The van der Waals surface area contributed by atoms with Crippen LogP contribution in [0.2, 0.25) is 0 Å². The zero-order valence-corrected chi connectivity index (χ0v) is 14.4. The quantitative estimate of drug-likeness (QED) is 0.474. The lowest BCUT2D eigenvalue weighted by molar-refractivity contribution is -0.151. The largest absolute Gasteiger partial charge is 0.483 e. The number of benzene rings is 1. The van der Waals surface area contributed by atoms with Gasteiger partial charge in [-0.2, -0.15) is 0 Å². The van der Waals surface area contributed by atoms with E-state index in [-0.39, 0.29) is 11.3 Å². The van der Waals surface area contributed by atoms with Crippen molar-refractivity contribution < 1.29 is 23.5 Å². The van der Waals surface area contributed by atoms with Gasteiger partial charge in [-0.25, -0.2) is 9.59 Å². The lowest BCUT2D eigenvalue weighted by atomic mass is 9.89. The number of carbonyl (C=O) groups is 2. The number of rotatable bonds is 2. The topological polar surface area (TPSA) is 82.8 Å².